The van der Waals surface area contributed by atoms with Crippen LogP contribution in [-0.2, 0) is 0 Å². The Hall–Kier alpha value is -0.660. The van der Waals surface area contributed by atoms with Crippen molar-refractivity contribution in [2.75, 3.05) is 7.05 Å². The predicted molar refractivity (Wildman–Crippen MR) is 63.9 cm³/mol. The Bertz CT molecular complexity index is 457. The van der Waals surface area contributed by atoms with Crippen LogP contribution in [0.25, 0.3) is 0 Å². The lowest BCUT2D eigenvalue weighted by atomic mass is 9.92. The van der Waals surface area contributed by atoms with Crippen LogP contribution in [0, 0.1) is 5.92 Å². The zero-order valence-corrected chi connectivity index (χ0v) is 11.4. The fraction of sp³-hybridized carbons (Fsp3) is 0.455. The highest BCUT2D eigenvalue weighted by atomic mass is 35.5. The van der Waals surface area contributed by atoms with Gasteiger partial charge in [0.15, 0.2) is 5.92 Å². The lowest BCUT2D eigenvalue weighted by molar-refractivity contribution is -0.292. The molecule has 1 atom stereocenters. The van der Waals surface area contributed by atoms with Gasteiger partial charge in [-0.2, -0.15) is 26.3 Å². The van der Waals surface area contributed by atoms with Gasteiger partial charge in [0.05, 0.1) is 16.1 Å². The van der Waals surface area contributed by atoms with Crippen molar-refractivity contribution >= 4 is 23.2 Å². The number of halogens is 8. The molecule has 0 aliphatic heterocycles. The van der Waals surface area contributed by atoms with Gasteiger partial charge in [-0.1, -0.05) is 29.3 Å². The maximum Gasteiger partial charge on any atom is 0.402 e. The fourth-order valence-corrected chi connectivity index (χ4v) is 2.10. The van der Waals surface area contributed by atoms with E-state index in [9.17, 15) is 26.3 Å². The molecule has 0 saturated heterocycles. The van der Waals surface area contributed by atoms with Gasteiger partial charge in [0, 0.05) is 0 Å². The minimum Gasteiger partial charge on any atom is -0.312 e. The summed E-state index contributed by atoms with van der Waals surface area (Å²) in [6.45, 7) is 0. The van der Waals surface area contributed by atoms with Crippen LogP contribution < -0.4 is 5.32 Å². The number of alkyl halides is 6. The molecule has 0 fully saturated rings. The number of hydrogen-bond donors (Lipinski definition) is 1. The van der Waals surface area contributed by atoms with E-state index in [1.165, 1.54) is 0 Å². The summed E-state index contributed by atoms with van der Waals surface area (Å²) in [4.78, 5) is 0. The normalized spacial score (nSPS) is 14.7. The molecule has 0 bridgehead atoms. The minimum absolute atomic E-state index is 0.0424. The molecule has 1 aromatic rings. The topological polar surface area (TPSA) is 12.0 Å². The Balaban J connectivity index is 3.30. The zero-order valence-electron chi connectivity index (χ0n) is 9.91. The molecular formula is C11H9Cl2F6N. The summed E-state index contributed by atoms with van der Waals surface area (Å²) in [6, 6.07) is 1.19. The third kappa shape index (κ3) is 3.93. The highest BCUT2D eigenvalue weighted by Gasteiger charge is 2.60. The molecule has 0 spiro atoms. The van der Waals surface area contributed by atoms with Crippen LogP contribution >= 0.6 is 23.2 Å². The molecule has 0 aliphatic carbocycles. The molecule has 0 radical (unpaired) electrons. The quantitative estimate of drug-likeness (QED) is 0.764. The van der Waals surface area contributed by atoms with Crippen molar-refractivity contribution in [1.29, 1.82) is 0 Å². The van der Waals surface area contributed by atoms with Crippen molar-refractivity contribution in [3.8, 4) is 0 Å². The number of benzene rings is 1. The van der Waals surface area contributed by atoms with Gasteiger partial charge in [0.2, 0.25) is 0 Å². The number of rotatable bonds is 3. The van der Waals surface area contributed by atoms with E-state index in [4.69, 9.17) is 23.2 Å². The SMILES string of the molecule is CNC(c1ccc(Cl)c(Cl)c1)C(C(F)(F)F)C(F)(F)F. The average Bonchev–Trinajstić information content (AvgIpc) is 2.26. The van der Waals surface area contributed by atoms with Crippen molar-refractivity contribution in [2.24, 2.45) is 5.92 Å². The molecule has 1 aromatic carbocycles. The van der Waals surface area contributed by atoms with E-state index >= 15 is 0 Å². The molecule has 0 saturated carbocycles. The Labute approximate surface area is 120 Å². The van der Waals surface area contributed by atoms with E-state index in [1.807, 2.05) is 5.32 Å². The van der Waals surface area contributed by atoms with Crippen LogP contribution in [0.15, 0.2) is 18.2 Å². The Morgan fingerprint density at radius 2 is 1.45 bits per heavy atom. The highest BCUT2D eigenvalue weighted by Crippen LogP contribution is 2.46. The molecule has 1 nitrogen and oxygen atoms in total. The summed E-state index contributed by atoms with van der Waals surface area (Å²) in [5.41, 5.74) is -0.249. The predicted octanol–water partition coefficient (Wildman–Crippen LogP) is 4.99. The van der Waals surface area contributed by atoms with Gasteiger partial charge >= 0.3 is 12.4 Å². The molecule has 1 N–H and O–H groups in total. The average molecular weight is 340 g/mol. The third-order valence-corrected chi connectivity index (χ3v) is 3.39. The molecule has 1 rings (SSSR count). The van der Waals surface area contributed by atoms with E-state index in [1.54, 1.807) is 0 Å². The molecular weight excluding hydrogens is 331 g/mol. The Morgan fingerprint density at radius 1 is 0.950 bits per heavy atom. The molecule has 0 heterocycles. The zero-order chi connectivity index (χ0) is 15.7. The molecule has 20 heavy (non-hydrogen) atoms. The van der Waals surface area contributed by atoms with E-state index in [-0.39, 0.29) is 15.6 Å². The summed E-state index contributed by atoms with van der Waals surface area (Å²) in [7, 11) is 1.01. The molecule has 1 unspecified atom stereocenters. The first-order valence-electron chi connectivity index (χ1n) is 5.24. The Kier molecular flexibility index (Phi) is 5.21. The minimum atomic E-state index is -5.45. The smallest absolute Gasteiger partial charge is 0.312 e. The third-order valence-electron chi connectivity index (χ3n) is 2.65. The Morgan fingerprint density at radius 3 is 1.80 bits per heavy atom. The van der Waals surface area contributed by atoms with Crippen LogP contribution in [0.1, 0.15) is 11.6 Å². The fourth-order valence-electron chi connectivity index (χ4n) is 1.80. The van der Waals surface area contributed by atoms with Gasteiger partial charge < -0.3 is 5.32 Å². The van der Waals surface area contributed by atoms with E-state index in [2.05, 4.69) is 0 Å². The maximum absolute atomic E-state index is 12.7. The van der Waals surface area contributed by atoms with Crippen molar-refractivity contribution < 1.29 is 26.3 Å². The molecule has 0 aliphatic rings. The summed E-state index contributed by atoms with van der Waals surface area (Å²) in [5, 5.41) is 1.96. The summed E-state index contributed by atoms with van der Waals surface area (Å²) < 4.78 is 76.2. The first-order valence-corrected chi connectivity index (χ1v) is 5.99. The lowest BCUT2D eigenvalue weighted by Gasteiger charge is -2.30. The van der Waals surface area contributed by atoms with Crippen molar-refractivity contribution in [3.05, 3.63) is 33.8 Å². The standard InChI is InChI=1S/C11H9Cl2F6N/c1-20-8(5-2-3-6(12)7(13)4-5)9(10(14,15)16)11(17,18)19/h2-4,8-9,20H,1H3. The van der Waals surface area contributed by atoms with Gasteiger partial charge in [-0.05, 0) is 24.7 Å². The maximum atomic E-state index is 12.7. The van der Waals surface area contributed by atoms with Gasteiger partial charge in [0.25, 0.3) is 0 Å². The van der Waals surface area contributed by atoms with Gasteiger partial charge in [-0.15, -0.1) is 0 Å². The highest BCUT2D eigenvalue weighted by molar-refractivity contribution is 6.42. The van der Waals surface area contributed by atoms with Crippen LogP contribution in [-0.4, -0.2) is 19.4 Å². The van der Waals surface area contributed by atoms with Crippen molar-refractivity contribution in [3.63, 3.8) is 0 Å². The van der Waals surface area contributed by atoms with Gasteiger partial charge in [-0.25, -0.2) is 0 Å². The van der Waals surface area contributed by atoms with E-state index in [0.717, 1.165) is 25.2 Å². The summed E-state index contributed by atoms with van der Waals surface area (Å²) in [6.07, 6.45) is -10.9. The molecule has 0 aromatic heterocycles. The number of hydrogen-bond acceptors (Lipinski definition) is 1. The first-order chi connectivity index (χ1) is 8.98. The van der Waals surface area contributed by atoms with Crippen LogP contribution in [0.2, 0.25) is 10.0 Å². The van der Waals surface area contributed by atoms with Crippen LogP contribution in [0.5, 0.6) is 0 Å². The van der Waals surface area contributed by atoms with Gasteiger partial charge in [-0.3, -0.25) is 0 Å². The number of nitrogens with one attached hydrogen (secondary N) is 1. The second-order valence-electron chi connectivity index (χ2n) is 4.00. The van der Waals surface area contributed by atoms with Crippen LogP contribution in [0.4, 0.5) is 26.3 Å². The summed E-state index contributed by atoms with van der Waals surface area (Å²) in [5.74, 6) is -3.54. The molecule has 114 valence electrons. The second-order valence-corrected chi connectivity index (χ2v) is 4.82. The molecule has 0 amide bonds. The van der Waals surface area contributed by atoms with Gasteiger partial charge in [0.1, 0.15) is 0 Å². The van der Waals surface area contributed by atoms with Crippen LogP contribution in [0.3, 0.4) is 0 Å². The second kappa shape index (κ2) is 5.99. The lowest BCUT2D eigenvalue weighted by Crippen LogP contribution is -2.45. The summed E-state index contributed by atoms with van der Waals surface area (Å²) >= 11 is 11.2. The first kappa shape index (κ1) is 17.4. The van der Waals surface area contributed by atoms with Crippen molar-refractivity contribution in [1.82, 2.24) is 5.32 Å². The van der Waals surface area contributed by atoms with E-state index in [0.29, 0.717) is 0 Å². The molecule has 9 heteroatoms. The monoisotopic (exact) mass is 339 g/mol. The van der Waals surface area contributed by atoms with Crippen molar-refractivity contribution in [2.45, 2.75) is 18.4 Å². The largest absolute Gasteiger partial charge is 0.402 e. The van der Waals surface area contributed by atoms with E-state index < -0.39 is 24.3 Å².